The second kappa shape index (κ2) is 5.01. The molecule has 0 saturated heterocycles. The fourth-order valence-corrected chi connectivity index (χ4v) is 3.22. The Morgan fingerprint density at radius 2 is 2.12 bits per heavy atom. The molecule has 1 heterocycles. The van der Waals surface area contributed by atoms with Crippen LogP contribution in [-0.2, 0) is 19.6 Å². The number of sulfonamides is 1. The van der Waals surface area contributed by atoms with Gasteiger partial charge in [-0.05, 0) is 17.6 Å². The Kier molecular flexibility index (Phi) is 4.11. The number of hydrogen-bond donors (Lipinski definition) is 0. The van der Waals surface area contributed by atoms with Crippen LogP contribution in [0.3, 0.4) is 0 Å². The Morgan fingerprint density at radius 1 is 1.53 bits per heavy atom. The van der Waals surface area contributed by atoms with E-state index in [1.807, 2.05) is 0 Å². The second-order valence-corrected chi connectivity index (χ2v) is 6.03. The van der Waals surface area contributed by atoms with Crippen molar-refractivity contribution in [3.63, 3.8) is 0 Å². The number of nitrogens with zero attached hydrogens (tertiary/aromatic N) is 1. The van der Waals surface area contributed by atoms with E-state index in [-0.39, 0.29) is 12.5 Å². The van der Waals surface area contributed by atoms with Gasteiger partial charge in [0.1, 0.15) is 6.04 Å². The molecule has 0 aromatic heterocycles. The normalized spacial score (nSPS) is 21.5. The van der Waals surface area contributed by atoms with Gasteiger partial charge >= 0.3 is 5.97 Å². The zero-order valence-electron chi connectivity index (χ0n) is 10.2. The van der Waals surface area contributed by atoms with Crippen LogP contribution in [0.4, 0.5) is 0 Å². The highest BCUT2D eigenvalue weighted by atomic mass is 32.2. The lowest BCUT2D eigenvalue weighted by Gasteiger charge is -2.32. The van der Waals surface area contributed by atoms with Crippen molar-refractivity contribution in [3.05, 3.63) is 23.6 Å². The number of ether oxygens (including phenoxy) is 1. The molecule has 0 aromatic rings. The molecule has 0 N–H and O–H groups in total. The van der Waals surface area contributed by atoms with Crippen molar-refractivity contribution in [1.29, 1.82) is 0 Å². The molecule has 1 aliphatic heterocycles. The Labute approximate surface area is 102 Å². The van der Waals surface area contributed by atoms with Crippen molar-refractivity contribution < 1.29 is 17.9 Å². The van der Waals surface area contributed by atoms with Gasteiger partial charge in [0, 0.05) is 12.0 Å². The molecule has 17 heavy (non-hydrogen) atoms. The van der Waals surface area contributed by atoms with Gasteiger partial charge in [-0.3, -0.25) is 4.79 Å². The maximum absolute atomic E-state index is 11.9. The predicted octanol–water partition coefficient (Wildman–Crippen LogP) is 0.899. The molecule has 0 radical (unpaired) electrons. The quantitative estimate of drug-likeness (QED) is 0.706. The maximum Gasteiger partial charge on any atom is 0.324 e. The Bertz CT molecular complexity index is 450. The van der Waals surface area contributed by atoms with E-state index in [0.717, 1.165) is 9.71 Å². The van der Waals surface area contributed by atoms with Crippen LogP contribution in [0.25, 0.3) is 0 Å². The number of methoxy groups -OCH3 is 1. The van der Waals surface area contributed by atoms with E-state index in [2.05, 4.69) is 11.3 Å². The summed E-state index contributed by atoms with van der Waals surface area (Å²) >= 11 is 0. The number of carbonyl (C=O) groups is 1. The molecule has 0 spiro atoms. The van der Waals surface area contributed by atoms with Gasteiger partial charge < -0.3 is 4.74 Å². The van der Waals surface area contributed by atoms with Gasteiger partial charge in [-0.25, -0.2) is 8.42 Å². The lowest BCUT2D eigenvalue weighted by atomic mass is 10.0. The van der Waals surface area contributed by atoms with E-state index in [1.165, 1.54) is 13.2 Å². The first-order valence-electron chi connectivity index (χ1n) is 5.25. The summed E-state index contributed by atoms with van der Waals surface area (Å²) in [6, 6.07) is -0.813. The van der Waals surface area contributed by atoms with Gasteiger partial charge in [-0.2, -0.15) is 4.31 Å². The summed E-state index contributed by atoms with van der Waals surface area (Å²) in [5.41, 5.74) is 0.648. The molecule has 0 saturated carbocycles. The average molecular weight is 259 g/mol. The first-order valence-corrected chi connectivity index (χ1v) is 6.75. The molecule has 1 aliphatic rings. The average Bonchev–Trinajstić information content (AvgIpc) is 2.23. The van der Waals surface area contributed by atoms with Crippen molar-refractivity contribution >= 4 is 16.0 Å². The van der Waals surface area contributed by atoms with Gasteiger partial charge in [0.25, 0.3) is 0 Å². The maximum atomic E-state index is 11.9. The van der Waals surface area contributed by atoms with Crippen molar-refractivity contribution in [1.82, 2.24) is 4.31 Å². The molecule has 1 rings (SSSR count). The molecule has 0 bridgehead atoms. The zero-order valence-corrected chi connectivity index (χ0v) is 11.0. The molecule has 0 unspecified atom stereocenters. The molecule has 96 valence electrons. The van der Waals surface area contributed by atoms with Crippen molar-refractivity contribution in [2.75, 3.05) is 13.7 Å². The van der Waals surface area contributed by atoms with Gasteiger partial charge in [0.05, 0.1) is 7.11 Å². The summed E-state index contributed by atoms with van der Waals surface area (Å²) in [5.74, 6) is -0.719. The fraction of sp³-hybridized carbons (Fsp3) is 0.545. The predicted molar refractivity (Wildman–Crippen MR) is 64.5 cm³/mol. The smallest absolute Gasteiger partial charge is 0.324 e. The second-order valence-electron chi connectivity index (χ2n) is 4.26. The van der Waals surface area contributed by atoms with E-state index >= 15 is 0 Å². The van der Waals surface area contributed by atoms with Crippen LogP contribution in [-0.4, -0.2) is 38.4 Å². The van der Waals surface area contributed by atoms with E-state index in [9.17, 15) is 13.2 Å². The first-order chi connectivity index (χ1) is 7.79. The van der Waals surface area contributed by atoms with Gasteiger partial charge in [0.2, 0.25) is 10.0 Å². The van der Waals surface area contributed by atoms with Crippen LogP contribution in [0.15, 0.2) is 23.6 Å². The number of esters is 1. The Morgan fingerprint density at radius 3 is 2.59 bits per heavy atom. The highest BCUT2D eigenvalue weighted by Gasteiger charge is 2.38. The Balaban J connectivity index is 3.15. The SMILES string of the molecule is C=C1C=CS(=O)(=O)N([C@H](C(=O)OC)C(C)C)C1. The highest BCUT2D eigenvalue weighted by molar-refractivity contribution is 7.92. The Hall–Kier alpha value is -1.14. The van der Waals surface area contributed by atoms with Crippen LogP contribution < -0.4 is 0 Å². The highest BCUT2D eigenvalue weighted by Crippen LogP contribution is 2.23. The molecule has 6 heteroatoms. The van der Waals surface area contributed by atoms with Crippen molar-refractivity contribution in [2.45, 2.75) is 19.9 Å². The van der Waals surface area contributed by atoms with Crippen LogP contribution in [0.5, 0.6) is 0 Å². The van der Waals surface area contributed by atoms with Gasteiger partial charge in [0.15, 0.2) is 0 Å². The zero-order chi connectivity index (χ0) is 13.2. The molecular formula is C11H17NO4S. The molecule has 0 aromatic carbocycles. The molecule has 0 amide bonds. The summed E-state index contributed by atoms with van der Waals surface area (Å²) in [6.45, 7) is 7.39. The number of rotatable bonds is 3. The topological polar surface area (TPSA) is 63.7 Å². The van der Waals surface area contributed by atoms with E-state index in [1.54, 1.807) is 13.8 Å². The summed E-state index contributed by atoms with van der Waals surface area (Å²) < 4.78 is 29.6. The molecule has 5 nitrogen and oxygen atoms in total. The van der Waals surface area contributed by atoms with Gasteiger partial charge in [-0.1, -0.05) is 20.4 Å². The summed E-state index contributed by atoms with van der Waals surface area (Å²) in [5, 5.41) is 1.07. The van der Waals surface area contributed by atoms with Crippen LogP contribution in [0.2, 0.25) is 0 Å². The van der Waals surface area contributed by atoms with Crippen LogP contribution >= 0.6 is 0 Å². The number of hydrogen-bond acceptors (Lipinski definition) is 4. The lowest BCUT2D eigenvalue weighted by molar-refractivity contribution is -0.146. The number of carbonyl (C=O) groups excluding carboxylic acids is 1. The van der Waals surface area contributed by atoms with E-state index in [0.29, 0.717) is 5.57 Å². The molecular weight excluding hydrogens is 242 g/mol. The van der Waals surface area contributed by atoms with Crippen LogP contribution in [0, 0.1) is 5.92 Å². The third kappa shape index (κ3) is 2.95. The lowest BCUT2D eigenvalue weighted by Crippen LogP contribution is -2.49. The minimum absolute atomic E-state index is 0.122. The first kappa shape index (κ1) is 13.9. The molecule has 1 atom stereocenters. The minimum Gasteiger partial charge on any atom is -0.468 e. The third-order valence-electron chi connectivity index (χ3n) is 2.55. The summed E-state index contributed by atoms with van der Waals surface area (Å²) in [6.07, 6.45) is 1.44. The molecule has 0 aliphatic carbocycles. The minimum atomic E-state index is -3.56. The standard InChI is InChI=1S/C11H17NO4S/c1-8(2)10(11(13)16-4)12-7-9(3)5-6-17(12,14)15/h5-6,8,10H,3,7H2,1-2,4H3/t10-/m0/s1. The third-order valence-corrected chi connectivity index (χ3v) is 4.04. The van der Waals surface area contributed by atoms with E-state index in [4.69, 9.17) is 0 Å². The monoisotopic (exact) mass is 259 g/mol. The summed E-state index contributed by atoms with van der Waals surface area (Å²) in [4.78, 5) is 11.7. The largest absolute Gasteiger partial charge is 0.468 e. The van der Waals surface area contributed by atoms with E-state index < -0.39 is 22.0 Å². The van der Waals surface area contributed by atoms with Crippen molar-refractivity contribution in [2.24, 2.45) is 5.92 Å². The van der Waals surface area contributed by atoms with Crippen LogP contribution in [0.1, 0.15) is 13.8 Å². The van der Waals surface area contributed by atoms with Gasteiger partial charge in [-0.15, -0.1) is 0 Å². The summed E-state index contributed by atoms with van der Waals surface area (Å²) in [7, 11) is -2.32. The molecule has 0 fully saturated rings. The fourth-order valence-electron chi connectivity index (χ4n) is 1.70. The van der Waals surface area contributed by atoms with Crippen molar-refractivity contribution in [3.8, 4) is 0 Å².